The van der Waals surface area contributed by atoms with E-state index in [0.29, 0.717) is 6.42 Å². The molecule has 0 aliphatic heterocycles. The molecule has 1 atom stereocenters. The second kappa shape index (κ2) is 6.93. The number of benzene rings is 1. The highest BCUT2D eigenvalue weighted by atomic mass is 16.5. The first-order chi connectivity index (χ1) is 8.26. The largest absolute Gasteiger partial charge is 0.496 e. The van der Waals surface area contributed by atoms with Crippen LogP contribution in [0.5, 0.6) is 5.75 Å². The summed E-state index contributed by atoms with van der Waals surface area (Å²) in [7, 11) is 3.60. The summed E-state index contributed by atoms with van der Waals surface area (Å²) < 4.78 is 5.38. The van der Waals surface area contributed by atoms with Gasteiger partial charge in [-0.3, -0.25) is 0 Å². The van der Waals surface area contributed by atoms with Gasteiger partial charge in [0.05, 0.1) is 13.2 Å². The van der Waals surface area contributed by atoms with Crippen molar-refractivity contribution in [3.05, 3.63) is 29.3 Å². The molecule has 92 valence electrons. The molecule has 0 radical (unpaired) electrons. The highest BCUT2D eigenvalue weighted by Crippen LogP contribution is 2.29. The maximum Gasteiger partial charge on any atom is 0.123 e. The minimum absolute atomic E-state index is 0.177. The smallest absolute Gasteiger partial charge is 0.123 e. The molecule has 17 heavy (non-hydrogen) atoms. The van der Waals surface area contributed by atoms with Gasteiger partial charge in [-0.1, -0.05) is 19.1 Å². The van der Waals surface area contributed by atoms with Crippen LogP contribution in [0.1, 0.15) is 36.9 Å². The maximum absolute atomic E-state index is 8.68. The van der Waals surface area contributed by atoms with Gasteiger partial charge in [0.15, 0.2) is 0 Å². The fourth-order valence-electron chi connectivity index (χ4n) is 1.94. The van der Waals surface area contributed by atoms with Gasteiger partial charge in [-0.05, 0) is 31.5 Å². The van der Waals surface area contributed by atoms with Gasteiger partial charge < -0.3 is 10.1 Å². The van der Waals surface area contributed by atoms with Crippen LogP contribution >= 0.6 is 0 Å². The molecule has 0 fully saturated rings. The second-order valence-corrected chi connectivity index (χ2v) is 3.97. The Morgan fingerprint density at radius 3 is 2.76 bits per heavy atom. The van der Waals surface area contributed by atoms with Crippen LogP contribution < -0.4 is 10.1 Å². The summed E-state index contributed by atoms with van der Waals surface area (Å²) in [5, 5.41) is 11.9. The Labute approximate surface area is 103 Å². The Hall–Kier alpha value is -1.53. The molecular formula is C14H20N2O. The van der Waals surface area contributed by atoms with Crippen molar-refractivity contribution in [1.29, 1.82) is 5.26 Å². The molecule has 3 heteroatoms. The number of hydrogen-bond acceptors (Lipinski definition) is 3. The molecule has 1 unspecified atom stereocenters. The molecule has 0 bridgehead atoms. The summed E-state index contributed by atoms with van der Waals surface area (Å²) in [6.07, 6.45) is 2.35. The van der Waals surface area contributed by atoms with Gasteiger partial charge in [-0.15, -0.1) is 0 Å². The molecule has 1 N–H and O–H groups in total. The standard InChI is InChI=1S/C14H20N2O/c1-4-11-7-8-14(17-3)12(10-11)13(16-2)6-5-9-15/h7-8,10,13,16H,4-6H2,1-3H3. The number of nitrogens with one attached hydrogen (secondary N) is 1. The molecule has 0 heterocycles. The summed E-state index contributed by atoms with van der Waals surface area (Å²) >= 11 is 0. The highest BCUT2D eigenvalue weighted by Gasteiger charge is 2.14. The van der Waals surface area contributed by atoms with E-state index in [1.807, 2.05) is 13.1 Å². The first-order valence-corrected chi connectivity index (χ1v) is 5.97. The number of nitriles is 1. The molecule has 0 saturated carbocycles. The van der Waals surface area contributed by atoms with Crippen molar-refractivity contribution in [3.63, 3.8) is 0 Å². The van der Waals surface area contributed by atoms with E-state index < -0.39 is 0 Å². The summed E-state index contributed by atoms with van der Waals surface area (Å²) in [6.45, 7) is 2.13. The number of nitrogens with zero attached hydrogens (tertiary/aromatic N) is 1. The summed E-state index contributed by atoms with van der Waals surface area (Å²) in [6, 6.07) is 8.62. The minimum Gasteiger partial charge on any atom is -0.496 e. The lowest BCUT2D eigenvalue weighted by molar-refractivity contribution is 0.399. The van der Waals surface area contributed by atoms with Gasteiger partial charge in [-0.2, -0.15) is 5.26 Å². The van der Waals surface area contributed by atoms with E-state index in [1.54, 1.807) is 7.11 Å². The van der Waals surface area contributed by atoms with E-state index in [2.05, 4.69) is 30.4 Å². The number of hydrogen-bond donors (Lipinski definition) is 1. The Balaban J connectivity index is 3.02. The van der Waals surface area contributed by atoms with Crippen molar-refractivity contribution in [1.82, 2.24) is 5.32 Å². The SMILES string of the molecule is CCc1ccc(OC)c(C(CCC#N)NC)c1. The molecule has 0 spiro atoms. The summed E-state index contributed by atoms with van der Waals surface area (Å²) in [5.41, 5.74) is 2.43. The van der Waals surface area contributed by atoms with Crippen LogP contribution in [-0.2, 0) is 6.42 Å². The molecular weight excluding hydrogens is 212 g/mol. The van der Waals surface area contributed by atoms with Crippen LogP contribution in [0.15, 0.2) is 18.2 Å². The van der Waals surface area contributed by atoms with Crippen molar-refractivity contribution in [2.24, 2.45) is 0 Å². The summed E-state index contributed by atoms with van der Waals surface area (Å²) in [5.74, 6) is 0.888. The van der Waals surface area contributed by atoms with Crippen molar-refractivity contribution in [2.75, 3.05) is 14.2 Å². The van der Waals surface area contributed by atoms with Crippen molar-refractivity contribution in [2.45, 2.75) is 32.2 Å². The average Bonchev–Trinajstić information content (AvgIpc) is 2.39. The predicted molar refractivity (Wildman–Crippen MR) is 69.0 cm³/mol. The Morgan fingerprint density at radius 1 is 1.47 bits per heavy atom. The lowest BCUT2D eigenvalue weighted by Gasteiger charge is -2.19. The van der Waals surface area contributed by atoms with E-state index in [4.69, 9.17) is 10.00 Å². The van der Waals surface area contributed by atoms with Crippen LogP contribution in [0.4, 0.5) is 0 Å². The van der Waals surface area contributed by atoms with E-state index in [9.17, 15) is 0 Å². The van der Waals surface area contributed by atoms with Gasteiger partial charge in [0.2, 0.25) is 0 Å². The quantitative estimate of drug-likeness (QED) is 0.820. The molecule has 1 aromatic rings. The third kappa shape index (κ3) is 3.47. The highest BCUT2D eigenvalue weighted by molar-refractivity contribution is 5.39. The lowest BCUT2D eigenvalue weighted by atomic mass is 9.98. The Bertz CT molecular complexity index is 396. The zero-order valence-electron chi connectivity index (χ0n) is 10.8. The van der Waals surface area contributed by atoms with Gasteiger partial charge in [0, 0.05) is 18.0 Å². The van der Waals surface area contributed by atoms with Crippen LogP contribution in [-0.4, -0.2) is 14.2 Å². The van der Waals surface area contributed by atoms with Crippen LogP contribution in [0, 0.1) is 11.3 Å². The molecule has 1 rings (SSSR count). The molecule has 3 nitrogen and oxygen atoms in total. The normalized spacial score (nSPS) is 11.9. The van der Waals surface area contributed by atoms with E-state index in [-0.39, 0.29) is 6.04 Å². The van der Waals surface area contributed by atoms with Crippen LogP contribution in [0.2, 0.25) is 0 Å². The van der Waals surface area contributed by atoms with Crippen molar-refractivity contribution in [3.8, 4) is 11.8 Å². The summed E-state index contributed by atoms with van der Waals surface area (Å²) in [4.78, 5) is 0. The number of rotatable bonds is 6. The van der Waals surface area contributed by atoms with Crippen LogP contribution in [0.3, 0.4) is 0 Å². The first kappa shape index (κ1) is 13.5. The Kier molecular flexibility index (Phi) is 5.51. The van der Waals surface area contributed by atoms with Gasteiger partial charge in [0.1, 0.15) is 5.75 Å². The topological polar surface area (TPSA) is 45.0 Å². The zero-order chi connectivity index (χ0) is 12.7. The monoisotopic (exact) mass is 232 g/mol. The van der Waals surface area contributed by atoms with E-state index >= 15 is 0 Å². The van der Waals surface area contributed by atoms with Crippen molar-refractivity contribution >= 4 is 0 Å². The van der Waals surface area contributed by atoms with Gasteiger partial charge >= 0.3 is 0 Å². The molecule has 1 aromatic carbocycles. The minimum atomic E-state index is 0.177. The maximum atomic E-state index is 8.68. The number of aryl methyl sites for hydroxylation is 1. The fourth-order valence-corrected chi connectivity index (χ4v) is 1.94. The first-order valence-electron chi connectivity index (χ1n) is 5.97. The lowest BCUT2D eigenvalue weighted by Crippen LogP contribution is -2.17. The van der Waals surface area contributed by atoms with Crippen molar-refractivity contribution < 1.29 is 4.74 Å². The van der Waals surface area contributed by atoms with Gasteiger partial charge in [0.25, 0.3) is 0 Å². The average molecular weight is 232 g/mol. The second-order valence-electron chi connectivity index (χ2n) is 3.97. The number of methoxy groups -OCH3 is 1. The molecule has 0 amide bonds. The third-order valence-corrected chi connectivity index (χ3v) is 2.97. The Morgan fingerprint density at radius 2 is 2.24 bits per heavy atom. The van der Waals surface area contributed by atoms with Gasteiger partial charge in [-0.25, -0.2) is 0 Å². The molecule has 0 aromatic heterocycles. The van der Waals surface area contributed by atoms with Crippen LogP contribution in [0.25, 0.3) is 0 Å². The van der Waals surface area contributed by atoms with E-state index in [1.165, 1.54) is 5.56 Å². The third-order valence-electron chi connectivity index (χ3n) is 2.97. The zero-order valence-corrected chi connectivity index (χ0v) is 10.8. The number of ether oxygens (including phenoxy) is 1. The molecule has 0 saturated heterocycles. The molecule has 0 aliphatic rings. The predicted octanol–water partition coefficient (Wildman–Crippen LogP) is 2.82. The van der Waals surface area contributed by atoms with E-state index in [0.717, 1.165) is 24.2 Å². The fraction of sp³-hybridized carbons (Fsp3) is 0.500. The molecule has 0 aliphatic carbocycles.